The fraction of sp³-hybridized carbons (Fsp3) is 0.375. The molecule has 0 amide bonds. The van der Waals surface area contributed by atoms with Gasteiger partial charge in [0.15, 0.2) is 0 Å². The molecular formula is C16H21N3. The van der Waals surface area contributed by atoms with Crippen LogP contribution in [0.5, 0.6) is 0 Å². The number of anilines is 1. The highest BCUT2D eigenvalue weighted by atomic mass is 15.0. The number of hydrogen-bond acceptors (Lipinski definition) is 3. The molecule has 3 nitrogen and oxygen atoms in total. The first-order valence-electron chi connectivity index (χ1n) is 6.69. The normalized spacial score (nSPS) is 10.6. The third-order valence-corrected chi connectivity index (χ3v) is 3.38. The maximum Gasteiger partial charge on any atom is 0.132 e. The highest BCUT2D eigenvalue weighted by molar-refractivity contribution is 5.71. The van der Waals surface area contributed by atoms with Gasteiger partial charge in [0.25, 0.3) is 0 Å². The number of benzene rings is 1. The van der Waals surface area contributed by atoms with Gasteiger partial charge in [-0.1, -0.05) is 30.7 Å². The van der Waals surface area contributed by atoms with Crippen LogP contribution < -0.4 is 5.32 Å². The van der Waals surface area contributed by atoms with E-state index in [-0.39, 0.29) is 0 Å². The molecule has 0 bridgehead atoms. The van der Waals surface area contributed by atoms with Gasteiger partial charge in [-0.3, -0.25) is 0 Å². The van der Waals surface area contributed by atoms with E-state index in [0.717, 1.165) is 29.3 Å². The minimum absolute atomic E-state index is 0.840. The number of aryl methyl sites for hydroxylation is 3. The second-order valence-electron chi connectivity index (χ2n) is 4.88. The van der Waals surface area contributed by atoms with E-state index in [1.165, 1.54) is 16.7 Å². The lowest BCUT2D eigenvalue weighted by molar-refractivity contribution is 0.935. The Kier molecular flexibility index (Phi) is 3.84. The quantitative estimate of drug-likeness (QED) is 0.909. The minimum atomic E-state index is 0.840. The van der Waals surface area contributed by atoms with Gasteiger partial charge in [0.05, 0.1) is 5.69 Å². The van der Waals surface area contributed by atoms with Crippen LogP contribution in [0.3, 0.4) is 0 Å². The van der Waals surface area contributed by atoms with Gasteiger partial charge in [0.1, 0.15) is 11.6 Å². The molecule has 0 saturated carbocycles. The molecule has 0 aliphatic carbocycles. The number of aromatic nitrogens is 2. The van der Waals surface area contributed by atoms with Crippen LogP contribution in [0.25, 0.3) is 11.3 Å². The van der Waals surface area contributed by atoms with Crippen molar-refractivity contribution in [3.8, 4) is 11.3 Å². The molecule has 0 aliphatic rings. The lowest BCUT2D eigenvalue weighted by Crippen LogP contribution is -2.05. The molecule has 0 spiro atoms. The molecule has 100 valence electrons. The van der Waals surface area contributed by atoms with E-state index in [1.807, 2.05) is 7.05 Å². The molecule has 19 heavy (non-hydrogen) atoms. The molecule has 2 rings (SSSR count). The first kappa shape index (κ1) is 13.5. The largest absolute Gasteiger partial charge is 0.373 e. The van der Waals surface area contributed by atoms with Crippen LogP contribution in [0.1, 0.15) is 29.4 Å². The van der Waals surface area contributed by atoms with Gasteiger partial charge >= 0.3 is 0 Å². The lowest BCUT2D eigenvalue weighted by atomic mass is 10.00. The monoisotopic (exact) mass is 255 g/mol. The Bertz CT molecular complexity index is 603. The lowest BCUT2D eigenvalue weighted by Gasteiger charge is -2.14. The van der Waals surface area contributed by atoms with Crippen molar-refractivity contribution >= 4 is 5.82 Å². The summed E-state index contributed by atoms with van der Waals surface area (Å²) in [5.41, 5.74) is 5.86. The van der Waals surface area contributed by atoms with Crippen LogP contribution in [0.15, 0.2) is 18.2 Å². The van der Waals surface area contributed by atoms with Gasteiger partial charge in [-0.15, -0.1) is 0 Å². The standard InChI is InChI=1S/C16H21N3/c1-6-14-18-15(12(4)16(17-5)19-14)13-8-7-10(2)9-11(13)3/h7-9H,6H2,1-5H3,(H,17,18,19). The number of rotatable bonds is 3. The van der Waals surface area contributed by atoms with Crippen LogP contribution in [0.4, 0.5) is 5.82 Å². The van der Waals surface area contributed by atoms with Crippen LogP contribution in [0.2, 0.25) is 0 Å². The summed E-state index contributed by atoms with van der Waals surface area (Å²) in [6.07, 6.45) is 0.840. The van der Waals surface area contributed by atoms with E-state index >= 15 is 0 Å². The maximum absolute atomic E-state index is 4.71. The van der Waals surface area contributed by atoms with Crippen molar-refractivity contribution in [3.63, 3.8) is 0 Å². The van der Waals surface area contributed by atoms with E-state index in [2.05, 4.69) is 56.2 Å². The zero-order chi connectivity index (χ0) is 14.0. The fourth-order valence-electron chi connectivity index (χ4n) is 2.31. The van der Waals surface area contributed by atoms with Crippen LogP contribution in [-0.4, -0.2) is 17.0 Å². The summed E-state index contributed by atoms with van der Waals surface area (Å²) in [7, 11) is 1.90. The van der Waals surface area contributed by atoms with E-state index < -0.39 is 0 Å². The average molecular weight is 255 g/mol. The summed E-state index contributed by atoms with van der Waals surface area (Å²) in [6.45, 7) is 8.39. The van der Waals surface area contributed by atoms with Gasteiger partial charge in [-0.2, -0.15) is 0 Å². The Morgan fingerprint density at radius 3 is 2.42 bits per heavy atom. The second kappa shape index (κ2) is 5.39. The molecule has 1 N–H and O–H groups in total. The summed E-state index contributed by atoms with van der Waals surface area (Å²) in [5, 5.41) is 3.16. The zero-order valence-electron chi connectivity index (χ0n) is 12.3. The third-order valence-electron chi connectivity index (χ3n) is 3.38. The van der Waals surface area contributed by atoms with Gasteiger partial charge in [-0.25, -0.2) is 9.97 Å². The Hall–Kier alpha value is -1.90. The highest BCUT2D eigenvalue weighted by Gasteiger charge is 2.12. The van der Waals surface area contributed by atoms with E-state index in [0.29, 0.717) is 0 Å². The molecule has 0 atom stereocenters. The Morgan fingerprint density at radius 1 is 1.11 bits per heavy atom. The van der Waals surface area contributed by atoms with Crippen LogP contribution >= 0.6 is 0 Å². The molecule has 0 radical (unpaired) electrons. The minimum Gasteiger partial charge on any atom is -0.373 e. The average Bonchev–Trinajstić information content (AvgIpc) is 2.40. The number of hydrogen-bond donors (Lipinski definition) is 1. The molecule has 3 heteroatoms. The predicted molar refractivity (Wildman–Crippen MR) is 80.6 cm³/mol. The van der Waals surface area contributed by atoms with Gasteiger partial charge in [-0.05, 0) is 26.3 Å². The highest BCUT2D eigenvalue weighted by Crippen LogP contribution is 2.28. The van der Waals surface area contributed by atoms with Crippen molar-refractivity contribution in [1.29, 1.82) is 0 Å². The number of nitrogens with one attached hydrogen (secondary N) is 1. The van der Waals surface area contributed by atoms with Gasteiger partial charge in [0, 0.05) is 24.6 Å². The van der Waals surface area contributed by atoms with Crippen molar-refractivity contribution < 1.29 is 0 Å². The van der Waals surface area contributed by atoms with Crippen LogP contribution in [0, 0.1) is 20.8 Å². The molecular weight excluding hydrogens is 234 g/mol. The van der Waals surface area contributed by atoms with Crippen molar-refractivity contribution in [1.82, 2.24) is 9.97 Å². The Labute approximate surface area is 115 Å². The summed E-state index contributed by atoms with van der Waals surface area (Å²) in [5.74, 6) is 1.80. The van der Waals surface area contributed by atoms with Crippen LogP contribution in [-0.2, 0) is 6.42 Å². The van der Waals surface area contributed by atoms with E-state index in [9.17, 15) is 0 Å². The van der Waals surface area contributed by atoms with E-state index in [1.54, 1.807) is 0 Å². The molecule has 0 aliphatic heterocycles. The van der Waals surface area contributed by atoms with Crippen molar-refractivity contribution in [2.75, 3.05) is 12.4 Å². The topological polar surface area (TPSA) is 37.8 Å². The summed E-state index contributed by atoms with van der Waals surface area (Å²) in [6, 6.07) is 6.48. The van der Waals surface area contributed by atoms with Crippen molar-refractivity contribution in [2.45, 2.75) is 34.1 Å². The molecule has 1 aromatic heterocycles. The smallest absolute Gasteiger partial charge is 0.132 e. The molecule has 0 unspecified atom stereocenters. The molecule has 1 aromatic carbocycles. The second-order valence-corrected chi connectivity index (χ2v) is 4.88. The van der Waals surface area contributed by atoms with Crippen molar-refractivity contribution in [2.24, 2.45) is 0 Å². The summed E-state index contributed by atoms with van der Waals surface area (Å²) >= 11 is 0. The Balaban J connectivity index is 2.66. The molecule has 2 aromatic rings. The zero-order valence-corrected chi connectivity index (χ0v) is 12.3. The molecule has 0 saturated heterocycles. The third kappa shape index (κ3) is 2.60. The first-order chi connectivity index (χ1) is 9.06. The molecule has 0 fully saturated rings. The SMILES string of the molecule is CCc1nc(NC)c(C)c(-c2ccc(C)cc2C)n1. The van der Waals surface area contributed by atoms with E-state index in [4.69, 9.17) is 4.98 Å². The predicted octanol–water partition coefficient (Wildman–Crippen LogP) is 3.67. The Morgan fingerprint density at radius 2 is 1.84 bits per heavy atom. The molecule has 1 heterocycles. The van der Waals surface area contributed by atoms with Crippen molar-refractivity contribution in [3.05, 3.63) is 40.7 Å². The fourth-order valence-corrected chi connectivity index (χ4v) is 2.31. The van der Waals surface area contributed by atoms with Gasteiger partial charge in [0.2, 0.25) is 0 Å². The summed E-state index contributed by atoms with van der Waals surface area (Å²) in [4.78, 5) is 9.23. The summed E-state index contributed by atoms with van der Waals surface area (Å²) < 4.78 is 0. The maximum atomic E-state index is 4.71. The van der Waals surface area contributed by atoms with Gasteiger partial charge < -0.3 is 5.32 Å². The number of nitrogens with zero attached hydrogens (tertiary/aromatic N) is 2. The first-order valence-corrected chi connectivity index (χ1v) is 6.69.